The Morgan fingerprint density at radius 3 is 2.30 bits per heavy atom. The van der Waals surface area contributed by atoms with E-state index in [-0.39, 0.29) is 0 Å². The molecule has 0 spiro atoms. The molecule has 0 aliphatic carbocycles. The quantitative estimate of drug-likeness (QED) is 0.261. The first-order valence-corrected chi connectivity index (χ1v) is 8.24. The zero-order valence-corrected chi connectivity index (χ0v) is 12.2. The van der Waals surface area contributed by atoms with Gasteiger partial charge in [-0.2, -0.15) is 16.8 Å². The average molecular weight is 327 g/mol. The molecule has 1 aromatic heterocycles. The standard InChI is InChI=1S/C9H13NO8S2/c1-3-6(2)10(11)5-7-8(19(12,13)14)4-9(18-7)20(15,16)17/h4-6H,3H2,1-2H3,(H,12,13,14)(H,15,16,17). The maximum Gasteiger partial charge on any atom is 0.328 e. The first kappa shape index (κ1) is 16.6. The molecule has 1 unspecified atom stereocenters. The molecule has 2 N–H and O–H groups in total. The van der Waals surface area contributed by atoms with Crippen LogP contribution in [0.2, 0.25) is 0 Å². The van der Waals surface area contributed by atoms with E-state index in [1.165, 1.54) is 0 Å². The van der Waals surface area contributed by atoms with Crippen LogP contribution in [0.3, 0.4) is 0 Å². The topological polar surface area (TPSA) is 148 Å². The first-order valence-electron chi connectivity index (χ1n) is 5.36. The van der Waals surface area contributed by atoms with Gasteiger partial charge in [-0.05, 0) is 6.92 Å². The minimum Gasteiger partial charge on any atom is -0.624 e. The predicted octanol–water partition coefficient (Wildman–Crippen LogP) is 0.501. The molecule has 9 nitrogen and oxygen atoms in total. The molecule has 0 aliphatic rings. The lowest BCUT2D eigenvalue weighted by molar-refractivity contribution is -0.492. The SMILES string of the molecule is CCC(C)[N+]([O-])=Cc1oc(S(=O)(=O)O)cc1S(=O)(=O)O. The third kappa shape index (κ3) is 3.79. The Bertz CT molecular complexity index is 728. The van der Waals surface area contributed by atoms with Crippen molar-refractivity contribution in [3.05, 3.63) is 17.0 Å². The van der Waals surface area contributed by atoms with Crippen molar-refractivity contribution in [2.45, 2.75) is 36.3 Å². The average Bonchev–Trinajstić information content (AvgIpc) is 2.71. The number of hydrogen-bond donors (Lipinski definition) is 2. The normalized spacial score (nSPS) is 15.3. The molecule has 0 bridgehead atoms. The Morgan fingerprint density at radius 2 is 1.90 bits per heavy atom. The highest BCUT2D eigenvalue weighted by Crippen LogP contribution is 2.22. The highest BCUT2D eigenvalue weighted by Gasteiger charge is 2.27. The van der Waals surface area contributed by atoms with Gasteiger partial charge in [0.05, 0.1) is 0 Å². The van der Waals surface area contributed by atoms with E-state index in [1.807, 2.05) is 0 Å². The molecule has 0 amide bonds. The Morgan fingerprint density at radius 1 is 1.35 bits per heavy atom. The van der Waals surface area contributed by atoms with Crippen LogP contribution in [0.25, 0.3) is 0 Å². The van der Waals surface area contributed by atoms with Crippen molar-refractivity contribution in [2.75, 3.05) is 0 Å². The second kappa shape index (κ2) is 5.52. The number of rotatable bonds is 5. The predicted molar refractivity (Wildman–Crippen MR) is 66.9 cm³/mol. The van der Waals surface area contributed by atoms with Crippen LogP contribution in [0, 0.1) is 5.21 Å². The summed E-state index contributed by atoms with van der Waals surface area (Å²) in [4.78, 5) is -0.922. The molecule has 0 saturated carbocycles. The van der Waals surface area contributed by atoms with Crippen molar-refractivity contribution < 1.29 is 35.1 Å². The summed E-state index contributed by atoms with van der Waals surface area (Å²) in [6.45, 7) is 3.25. The van der Waals surface area contributed by atoms with E-state index in [0.717, 1.165) is 0 Å². The van der Waals surface area contributed by atoms with Gasteiger partial charge in [0.1, 0.15) is 4.90 Å². The Labute approximate surface area is 115 Å². The van der Waals surface area contributed by atoms with Crippen LogP contribution in [0.1, 0.15) is 26.0 Å². The summed E-state index contributed by atoms with van der Waals surface area (Å²) in [6, 6.07) is -0.107. The van der Waals surface area contributed by atoms with Crippen LogP contribution in [-0.4, -0.2) is 42.9 Å². The largest absolute Gasteiger partial charge is 0.624 e. The molecule has 1 heterocycles. The minimum atomic E-state index is -4.82. The van der Waals surface area contributed by atoms with E-state index in [0.29, 0.717) is 23.4 Å². The molecule has 11 heteroatoms. The smallest absolute Gasteiger partial charge is 0.328 e. The molecule has 0 saturated heterocycles. The van der Waals surface area contributed by atoms with Crippen molar-refractivity contribution in [1.82, 2.24) is 0 Å². The summed E-state index contributed by atoms with van der Waals surface area (Å²) in [5.41, 5.74) is 0. The molecular formula is C9H13NO8S2. The monoisotopic (exact) mass is 327 g/mol. The fraction of sp³-hybridized carbons (Fsp3) is 0.444. The van der Waals surface area contributed by atoms with E-state index in [2.05, 4.69) is 4.42 Å². The molecule has 0 aromatic carbocycles. The van der Waals surface area contributed by atoms with Gasteiger partial charge in [-0.25, -0.2) is 4.74 Å². The fourth-order valence-electron chi connectivity index (χ4n) is 1.21. The van der Waals surface area contributed by atoms with Gasteiger partial charge in [0.15, 0.2) is 6.04 Å². The Balaban J connectivity index is 3.50. The molecule has 1 atom stereocenters. The number of hydroxylamine groups is 1. The summed E-state index contributed by atoms with van der Waals surface area (Å²) in [5, 5.41) is 10.5. The highest BCUT2D eigenvalue weighted by molar-refractivity contribution is 7.86. The molecular weight excluding hydrogens is 314 g/mol. The zero-order valence-electron chi connectivity index (χ0n) is 10.5. The van der Waals surface area contributed by atoms with Crippen molar-refractivity contribution in [1.29, 1.82) is 0 Å². The maximum absolute atomic E-state index is 11.6. The van der Waals surface area contributed by atoms with Crippen molar-refractivity contribution in [2.24, 2.45) is 0 Å². The van der Waals surface area contributed by atoms with Gasteiger partial charge in [-0.3, -0.25) is 9.11 Å². The van der Waals surface area contributed by atoms with E-state index in [4.69, 9.17) is 9.11 Å². The van der Waals surface area contributed by atoms with Crippen LogP contribution < -0.4 is 0 Å². The van der Waals surface area contributed by atoms with Crippen molar-refractivity contribution in [3.63, 3.8) is 0 Å². The van der Waals surface area contributed by atoms with Gasteiger partial charge in [0, 0.05) is 12.5 Å². The van der Waals surface area contributed by atoms with Gasteiger partial charge in [0.2, 0.25) is 17.1 Å². The molecule has 20 heavy (non-hydrogen) atoms. The lowest BCUT2D eigenvalue weighted by atomic mass is 10.3. The Hall–Kier alpha value is -1.43. The lowest BCUT2D eigenvalue weighted by Gasteiger charge is -2.09. The maximum atomic E-state index is 11.6. The number of hydrogen-bond acceptors (Lipinski definition) is 6. The molecule has 0 aliphatic heterocycles. The number of furan rings is 1. The fourth-order valence-corrected chi connectivity index (χ4v) is 2.35. The summed E-state index contributed by atoms with van der Waals surface area (Å²) in [6.07, 6.45) is 1.12. The van der Waals surface area contributed by atoms with Crippen LogP contribution in [-0.2, 0) is 20.2 Å². The summed E-state index contributed by atoms with van der Waals surface area (Å²) in [5.74, 6) is -0.685. The third-order valence-corrected chi connectivity index (χ3v) is 4.09. The lowest BCUT2D eigenvalue weighted by Crippen LogP contribution is -2.18. The van der Waals surface area contributed by atoms with Gasteiger partial charge in [-0.15, -0.1) is 0 Å². The zero-order chi connectivity index (χ0) is 15.7. The first-order chi connectivity index (χ1) is 8.96. The second-order valence-electron chi connectivity index (χ2n) is 3.99. The highest BCUT2D eigenvalue weighted by atomic mass is 32.2. The van der Waals surface area contributed by atoms with Gasteiger partial charge < -0.3 is 9.62 Å². The van der Waals surface area contributed by atoms with E-state index >= 15 is 0 Å². The molecule has 1 aromatic rings. The molecule has 0 fully saturated rings. The van der Waals surface area contributed by atoms with E-state index < -0.39 is 42.0 Å². The van der Waals surface area contributed by atoms with Crippen LogP contribution >= 0.6 is 0 Å². The van der Waals surface area contributed by atoms with Gasteiger partial charge >= 0.3 is 10.1 Å². The second-order valence-corrected chi connectivity index (χ2v) is 6.73. The molecule has 114 valence electrons. The van der Waals surface area contributed by atoms with Crippen molar-refractivity contribution in [3.8, 4) is 0 Å². The van der Waals surface area contributed by atoms with Crippen molar-refractivity contribution >= 4 is 26.5 Å². The Kier molecular flexibility index (Phi) is 4.59. The van der Waals surface area contributed by atoms with E-state index in [9.17, 15) is 22.0 Å². The summed E-state index contributed by atoms with van der Waals surface area (Å²) < 4.78 is 66.6. The van der Waals surface area contributed by atoms with Gasteiger partial charge in [0.25, 0.3) is 10.1 Å². The molecule has 1 rings (SSSR count). The number of nitrogens with zero attached hydrogens (tertiary/aromatic N) is 1. The van der Waals surface area contributed by atoms with Gasteiger partial charge in [-0.1, -0.05) is 6.92 Å². The molecule has 0 radical (unpaired) electrons. The van der Waals surface area contributed by atoms with E-state index in [1.54, 1.807) is 13.8 Å². The van der Waals surface area contributed by atoms with Crippen LogP contribution in [0.15, 0.2) is 20.5 Å². The summed E-state index contributed by atoms with van der Waals surface area (Å²) >= 11 is 0. The van der Waals surface area contributed by atoms with Crippen LogP contribution in [0.4, 0.5) is 0 Å². The van der Waals surface area contributed by atoms with Crippen LogP contribution in [0.5, 0.6) is 0 Å². The third-order valence-electron chi connectivity index (χ3n) is 2.50. The summed E-state index contributed by atoms with van der Waals surface area (Å²) in [7, 11) is -9.63. The minimum absolute atomic E-state index is 0.348.